The Kier molecular flexibility index (Phi) is 6.65. The van der Waals surface area contributed by atoms with Gasteiger partial charge in [0.25, 0.3) is 0 Å². The molecule has 0 saturated heterocycles. The normalized spacial score (nSPS) is 12.2. The van der Waals surface area contributed by atoms with E-state index >= 15 is 0 Å². The van der Waals surface area contributed by atoms with Crippen molar-refractivity contribution in [2.75, 3.05) is 0 Å². The van der Waals surface area contributed by atoms with Crippen LogP contribution in [0.25, 0.3) is 0 Å². The summed E-state index contributed by atoms with van der Waals surface area (Å²) in [5.74, 6) is -0.428. The summed E-state index contributed by atoms with van der Waals surface area (Å²) in [6, 6.07) is 0. The minimum atomic E-state index is -0.428. The highest BCUT2D eigenvalue weighted by Crippen LogP contribution is 2.12. The fraction of sp³-hybridized carbons (Fsp3) is 0.615. The minimum Gasteiger partial charge on any atom is -0.458 e. The molecule has 0 aliphatic rings. The molecule has 100 valence electrons. The summed E-state index contributed by atoms with van der Waals surface area (Å²) in [4.78, 5) is 19.5. The maximum absolute atomic E-state index is 11.8. The van der Waals surface area contributed by atoms with Gasteiger partial charge in [0.2, 0.25) is 0 Å². The van der Waals surface area contributed by atoms with Crippen molar-refractivity contribution in [2.45, 2.75) is 52.1 Å². The van der Waals surface area contributed by atoms with E-state index in [2.05, 4.69) is 16.9 Å². The molecule has 0 aromatic carbocycles. The van der Waals surface area contributed by atoms with E-state index in [1.165, 1.54) is 12.4 Å². The van der Waals surface area contributed by atoms with Crippen LogP contribution in [0.15, 0.2) is 12.4 Å². The third-order valence-corrected chi connectivity index (χ3v) is 2.88. The van der Waals surface area contributed by atoms with Crippen LogP contribution in [0.4, 0.5) is 0 Å². The molecule has 0 aliphatic carbocycles. The van der Waals surface area contributed by atoms with Crippen LogP contribution >= 0.6 is 11.6 Å². The first-order valence-corrected chi connectivity index (χ1v) is 6.73. The summed E-state index contributed by atoms with van der Waals surface area (Å²) in [5.41, 5.74) is 0.202. The average Bonchev–Trinajstić information content (AvgIpc) is 2.38. The molecule has 1 heterocycles. The van der Waals surface area contributed by atoms with E-state index in [0.717, 1.165) is 32.1 Å². The smallest absolute Gasteiger partial charge is 0.358 e. The fourth-order valence-corrected chi connectivity index (χ4v) is 1.70. The summed E-state index contributed by atoms with van der Waals surface area (Å²) < 4.78 is 5.39. The van der Waals surface area contributed by atoms with E-state index in [0.29, 0.717) is 0 Å². The molecule has 0 aliphatic heterocycles. The van der Waals surface area contributed by atoms with Crippen LogP contribution < -0.4 is 0 Å². The Morgan fingerprint density at radius 3 is 2.67 bits per heavy atom. The van der Waals surface area contributed by atoms with Gasteiger partial charge in [0.05, 0.1) is 12.4 Å². The molecule has 0 bridgehead atoms. The molecule has 4 nitrogen and oxygen atoms in total. The van der Waals surface area contributed by atoms with Crippen molar-refractivity contribution in [1.82, 2.24) is 9.97 Å². The van der Waals surface area contributed by atoms with Gasteiger partial charge in [-0.15, -0.1) is 0 Å². The van der Waals surface area contributed by atoms with E-state index in [4.69, 9.17) is 16.3 Å². The average molecular weight is 271 g/mol. The molecule has 1 rings (SSSR count). The molecule has 5 heteroatoms. The lowest BCUT2D eigenvalue weighted by Gasteiger charge is -2.15. The quantitative estimate of drug-likeness (QED) is 0.561. The van der Waals surface area contributed by atoms with E-state index < -0.39 is 5.97 Å². The highest BCUT2D eigenvalue weighted by molar-refractivity contribution is 6.29. The van der Waals surface area contributed by atoms with Crippen molar-refractivity contribution in [3.05, 3.63) is 23.2 Å². The van der Waals surface area contributed by atoms with Crippen LogP contribution in [0.1, 0.15) is 56.4 Å². The van der Waals surface area contributed by atoms with Crippen LogP contribution in [0.2, 0.25) is 5.15 Å². The third-order valence-electron chi connectivity index (χ3n) is 2.69. The van der Waals surface area contributed by atoms with Gasteiger partial charge in [-0.2, -0.15) is 0 Å². The van der Waals surface area contributed by atoms with Gasteiger partial charge in [-0.1, -0.05) is 38.3 Å². The van der Waals surface area contributed by atoms with Crippen LogP contribution in [0, 0.1) is 0 Å². The molecule has 0 radical (unpaired) electrons. The van der Waals surface area contributed by atoms with E-state index in [1.54, 1.807) is 0 Å². The maximum atomic E-state index is 11.8. The lowest BCUT2D eigenvalue weighted by molar-refractivity contribution is 0.0260. The van der Waals surface area contributed by atoms with E-state index in [-0.39, 0.29) is 17.0 Å². The number of carbonyl (C=O) groups excluding carboxylic acids is 1. The van der Waals surface area contributed by atoms with Gasteiger partial charge in [0, 0.05) is 0 Å². The van der Waals surface area contributed by atoms with Gasteiger partial charge in [0.15, 0.2) is 5.69 Å². The lowest BCUT2D eigenvalue weighted by atomic mass is 10.1. The first-order valence-electron chi connectivity index (χ1n) is 6.35. The van der Waals surface area contributed by atoms with Crippen LogP contribution in [0.5, 0.6) is 0 Å². The van der Waals surface area contributed by atoms with Crippen molar-refractivity contribution >= 4 is 17.6 Å². The second-order valence-corrected chi connectivity index (χ2v) is 4.54. The molecular formula is C13H19ClN2O2. The topological polar surface area (TPSA) is 52.1 Å². The zero-order valence-corrected chi connectivity index (χ0v) is 11.6. The Morgan fingerprint density at radius 2 is 2.11 bits per heavy atom. The number of halogens is 1. The van der Waals surface area contributed by atoms with Gasteiger partial charge in [-0.3, -0.25) is 0 Å². The van der Waals surface area contributed by atoms with Gasteiger partial charge < -0.3 is 4.74 Å². The molecule has 0 fully saturated rings. The minimum absolute atomic E-state index is 0.0403. The third kappa shape index (κ3) is 5.00. The number of hydrogen-bond donors (Lipinski definition) is 0. The molecule has 1 atom stereocenters. The summed E-state index contributed by atoms with van der Waals surface area (Å²) in [7, 11) is 0. The number of carbonyl (C=O) groups is 1. The zero-order valence-electron chi connectivity index (χ0n) is 10.9. The van der Waals surface area contributed by atoms with Gasteiger partial charge in [-0.05, 0) is 19.3 Å². The number of ether oxygens (including phenoxy) is 1. The Bertz CT molecular complexity index is 368. The monoisotopic (exact) mass is 270 g/mol. The largest absolute Gasteiger partial charge is 0.458 e. The van der Waals surface area contributed by atoms with Crippen molar-refractivity contribution in [3.63, 3.8) is 0 Å². The number of nitrogens with zero attached hydrogens (tertiary/aromatic N) is 2. The van der Waals surface area contributed by atoms with E-state index in [9.17, 15) is 4.79 Å². The number of hydrogen-bond acceptors (Lipinski definition) is 4. The van der Waals surface area contributed by atoms with Crippen molar-refractivity contribution in [2.24, 2.45) is 0 Å². The Morgan fingerprint density at radius 1 is 1.33 bits per heavy atom. The van der Waals surface area contributed by atoms with Crippen LogP contribution in [-0.2, 0) is 4.74 Å². The Balaban J connectivity index is 2.48. The Labute approximate surface area is 113 Å². The molecule has 1 aromatic heterocycles. The lowest BCUT2D eigenvalue weighted by Crippen LogP contribution is -2.18. The van der Waals surface area contributed by atoms with E-state index in [1.807, 2.05) is 6.92 Å². The number of esters is 1. The highest BCUT2D eigenvalue weighted by Gasteiger charge is 2.15. The second-order valence-electron chi connectivity index (χ2n) is 4.16. The summed E-state index contributed by atoms with van der Waals surface area (Å²) in [5, 5.41) is 0.265. The molecular weight excluding hydrogens is 252 g/mol. The van der Waals surface area contributed by atoms with Crippen molar-refractivity contribution < 1.29 is 9.53 Å². The summed E-state index contributed by atoms with van der Waals surface area (Å²) >= 11 is 5.61. The van der Waals surface area contributed by atoms with Crippen LogP contribution in [0.3, 0.4) is 0 Å². The standard InChI is InChI=1S/C13H19ClN2O2/c1-3-5-6-7-10(4-2)18-13(17)11-8-16-12(14)9-15-11/h8-10H,3-7H2,1-2H3/t10-/m1/s1. The molecule has 0 unspecified atom stereocenters. The van der Waals surface area contributed by atoms with Gasteiger partial charge in [0.1, 0.15) is 11.3 Å². The molecule has 0 spiro atoms. The predicted molar refractivity (Wildman–Crippen MR) is 70.7 cm³/mol. The highest BCUT2D eigenvalue weighted by atomic mass is 35.5. The molecule has 1 aromatic rings. The fourth-order valence-electron chi connectivity index (χ4n) is 1.60. The summed E-state index contributed by atoms with van der Waals surface area (Å²) in [6.07, 6.45) is 7.75. The van der Waals surface area contributed by atoms with Crippen molar-refractivity contribution in [1.29, 1.82) is 0 Å². The second kappa shape index (κ2) is 8.03. The van der Waals surface area contributed by atoms with Crippen LogP contribution in [-0.4, -0.2) is 22.0 Å². The van der Waals surface area contributed by atoms with Gasteiger partial charge >= 0.3 is 5.97 Å². The number of unbranched alkanes of at least 4 members (excludes halogenated alkanes) is 2. The summed E-state index contributed by atoms with van der Waals surface area (Å²) in [6.45, 7) is 4.16. The Hall–Kier alpha value is -1.16. The molecule has 18 heavy (non-hydrogen) atoms. The first kappa shape index (κ1) is 14.9. The molecule has 0 amide bonds. The van der Waals surface area contributed by atoms with Crippen molar-refractivity contribution in [3.8, 4) is 0 Å². The van der Waals surface area contributed by atoms with Gasteiger partial charge in [-0.25, -0.2) is 14.8 Å². The first-order chi connectivity index (χ1) is 8.67. The SMILES string of the molecule is CCCCC[C@@H](CC)OC(=O)c1cnc(Cl)cn1. The number of aromatic nitrogens is 2. The zero-order chi connectivity index (χ0) is 13.4. The maximum Gasteiger partial charge on any atom is 0.358 e. The predicted octanol–water partition coefficient (Wildman–Crippen LogP) is 3.65. The molecule has 0 saturated carbocycles. The number of rotatable bonds is 7. The molecule has 0 N–H and O–H groups in total.